The van der Waals surface area contributed by atoms with Gasteiger partial charge < -0.3 is 10.2 Å². The van der Waals surface area contributed by atoms with Crippen LogP contribution in [-0.2, 0) is 6.42 Å². The van der Waals surface area contributed by atoms with Crippen LogP contribution >= 0.6 is 0 Å². The van der Waals surface area contributed by atoms with Gasteiger partial charge in [-0.25, -0.2) is 9.59 Å². The van der Waals surface area contributed by atoms with Gasteiger partial charge >= 0.3 is 11.9 Å². The highest BCUT2D eigenvalue weighted by Gasteiger charge is 2.23. The summed E-state index contributed by atoms with van der Waals surface area (Å²) in [6.45, 7) is 1.54. The Hall–Kier alpha value is -2.88. The molecule has 110 valence electrons. The molecule has 0 heterocycles. The summed E-state index contributed by atoms with van der Waals surface area (Å²) < 4.78 is 0. The van der Waals surface area contributed by atoms with Gasteiger partial charge in [0.1, 0.15) is 0 Å². The van der Waals surface area contributed by atoms with Gasteiger partial charge in [-0.3, -0.25) is 0 Å². The van der Waals surface area contributed by atoms with E-state index in [0.717, 1.165) is 16.7 Å². The minimum Gasteiger partial charge on any atom is -0.478 e. The first-order chi connectivity index (χ1) is 10.5. The molecule has 2 aromatic carbocycles. The summed E-state index contributed by atoms with van der Waals surface area (Å²) in [6.07, 6.45) is 2.62. The zero-order valence-corrected chi connectivity index (χ0v) is 12.0. The van der Waals surface area contributed by atoms with Crippen LogP contribution in [0.5, 0.6) is 0 Å². The van der Waals surface area contributed by atoms with Gasteiger partial charge in [-0.1, -0.05) is 36.4 Å². The van der Waals surface area contributed by atoms with E-state index < -0.39 is 11.9 Å². The van der Waals surface area contributed by atoms with Crippen LogP contribution in [0.15, 0.2) is 36.4 Å². The average molecular weight is 294 g/mol. The highest BCUT2D eigenvalue weighted by molar-refractivity contribution is 6.03. The predicted octanol–water partition coefficient (Wildman–Crippen LogP) is 3.49. The van der Waals surface area contributed by atoms with Crippen molar-refractivity contribution >= 4 is 23.6 Å². The number of carboxylic acid groups (broad SMARTS) is 2. The Morgan fingerprint density at radius 3 is 2.36 bits per heavy atom. The fourth-order valence-corrected chi connectivity index (χ4v) is 2.94. The summed E-state index contributed by atoms with van der Waals surface area (Å²) in [5.41, 5.74) is 4.10. The lowest BCUT2D eigenvalue weighted by Gasteiger charge is -2.12. The van der Waals surface area contributed by atoms with Crippen molar-refractivity contribution in [2.24, 2.45) is 0 Å². The van der Waals surface area contributed by atoms with Gasteiger partial charge in [-0.05, 0) is 47.2 Å². The SMILES string of the molecule is Cc1c(C(=O)O)ccc(C2=Cc3ccccc3C2)c1C(=O)O. The van der Waals surface area contributed by atoms with Gasteiger partial charge in [0, 0.05) is 0 Å². The molecule has 4 nitrogen and oxygen atoms in total. The minimum atomic E-state index is -1.12. The van der Waals surface area contributed by atoms with Crippen molar-refractivity contribution in [2.75, 3.05) is 0 Å². The van der Waals surface area contributed by atoms with Crippen LogP contribution in [-0.4, -0.2) is 22.2 Å². The van der Waals surface area contributed by atoms with Crippen LogP contribution in [0.2, 0.25) is 0 Å². The number of rotatable bonds is 3. The number of allylic oxidation sites excluding steroid dienone is 1. The average Bonchev–Trinajstić information content (AvgIpc) is 2.89. The second-order valence-corrected chi connectivity index (χ2v) is 5.32. The van der Waals surface area contributed by atoms with Crippen molar-refractivity contribution < 1.29 is 19.8 Å². The third-order valence-electron chi connectivity index (χ3n) is 4.02. The molecule has 0 radical (unpaired) electrons. The molecule has 1 aliphatic carbocycles. The second-order valence-electron chi connectivity index (χ2n) is 5.32. The highest BCUT2D eigenvalue weighted by atomic mass is 16.4. The number of fused-ring (bicyclic) bond motifs is 1. The molecule has 0 unspecified atom stereocenters. The van der Waals surface area contributed by atoms with E-state index in [9.17, 15) is 14.7 Å². The first-order valence-corrected chi connectivity index (χ1v) is 6.88. The molecule has 2 aromatic rings. The first-order valence-electron chi connectivity index (χ1n) is 6.88. The van der Waals surface area contributed by atoms with E-state index >= 15 is 0 Å². The Balaban J connectivity index is 2.16. The fraction of sp³-hybridized carbons (Fsp3) is 0.111. The Labute approximate surface area is 127 Å². The molecule has 0 amide bonds. The van der Waals surface area contributed by atoms with Crippen LogP contribution in [0.1, 0.15) is 43.0 Å². The van der Waals surface area contributed by atoms with Crippen molar-refractivity contribution in [3.63, 3.8) is 0 Å². The van der Waals surface area contributed by atoms with Crippen LogP contribution in [0, 0.1) is 6.92 Å². The number of hydrogen-bond acceptors (Lipinski definition) is 2. The quantitative estimate of drug-likeness (QED) is 0.908. The summed E-state index contributed by atoms with van der Waals surface area (Å²) in [4.78, 5) is 22.8. The van der Waals surface area contributed by atoms with Gasteiger partial charge in [0.25, 0.3) is 0 Å². The molecule has 22 heavy (non-hydrogen) atoms. The van der Waals surface area contributed by atoms with Gasteiger partial charge in [0.2, 0.25) is 0 Å². The summed E-state index contributed by atoms with van der Waals surface area (Å²) in [5, 5.41) is 18.7. The molecule has 4 heteroatoms. The number of aromatic carboxylic acids is 2. The molecular weight excluding hydrogens is 280 g/mol. The molecule has 0 fully saturated rings. The lowest BCUT2D eigenvalue weighted by atomic mass is 9.91. The van der Waals surface area contributed by atoms with Gasteiger partial charge in [0.15, 0.2) is 0 Å². The van der Waals surface area contributed by atoms with E-state index in [0.29, 0.717) is 12.0 Å². The molecule has 3 rings (SSSR count). The lowest BCUT2D eigenvalue weighted by Crippen LogP contribution is -2.10. The third kappa shape index (κ3) is 2.19. The Bertz CT molecular complexity index is 831. The van der Waals surface area contributed by atoms with Crippen molar-refractivity contribution in [3.05, 3.63) is 69.8 Å². The molecule has 0 aliphatic heterocycles. The lowest BCUT2D eigenvalue weighted by molar-refractivity contribution is 0.0695. The van der Waals surface area contributed by atoms with Crippen molar-refractivity contribution in [3.8, 4) is 0 Å². The van der Waals surface area contributed by atoms with Crippen LogP contribution in [0.3, 0.4) is 0 Å². The molecule has 0 spiro atoms. The van der Waals surface area contributed by atoms with Gasteiger partial charge in [0.05, 0.1) is 11.1 Å². The molecule has 0 saturated carbocycles. The summed E-state index contributed by atoms with van der Waals surface area (Å²) in [7, 11) is 0. The number of benzene rings is 2. The largest absolute Gasteiger partial charge is 0.478 e. The maximum absolute atomic E-state index is 11.6. The van der Waals surface area contributed by atoms with Crippen molar-refractivity contribution in [2.45, 2.75) is 13.3 Å². The number of hydrogen-bond donors (Lipinski definition) is 2. The maximum atomic E-state index is 11.6. The van der Waals surface area contributed by atoms with E-state index in [4.69, 9.17) is 5.11 Å². The van der Waals surface area contributed by atoms with E-state index in [2.05, 4.69) is 0 Å². The Morgan fingerprint density at radius 1 is 1.00 bits per heavy atom. The zero-order valence-electron chi connectivity index (χ0n) is 12.0. The molecule has 2 N–H and O–H groups in total. The van der Waals surface area contributed by atoms with Crippen molar-refractivity contribution in [1.82, 2.24) is 0 Å². The van der Waals surface area contributed by atoms with Gasteiger partial charge in [-0.2, -0.15) is 0 Å². The van der Waals surface area contributed by atoms with E-state index in [1.807, 2.05) is 30.3 Å². The van der Waals surface area contributed by atoms with Gasteiger partial charge in [-0.15, -0.1) is 0 Å². The predicted molar refractivity (Wildman–Crippen MR) is 83.1 cm³/mol. The fourth-order valence-electron chi connectivity index (χ4n) is 2.94. The van der Waals surface area contributed by atoms with E-state index in [1.165, 1.54) is 6.07 Å². The summed E-state index contributed by atoms with van der Waals surface area (Å²) in [5.74, 6) is -2.22. The topological polar surface area (TPSA) is 74.6 Å². The zero-order chi connectivity index (χ0) is 15.9. The molecule has 0 aromatic heterocycles. The molecule has 1 aliphatic rings. The molecular formula is C18H14O4. The highest BCUT2D eigenvalue weighted by Crippen LogP contribution is 2.34. The Kier molecular flexibility index (Phi) is 3.29. The van der Waals surface area contributed by atoms with E-state index in [1.54, 1.807) is 13.0 Å². The number of carboxylic acids is 2. The standard InChI is InChI=1S/C18H14O4/c1-10-14(17(19)20)6-7-15(16(10)18(21)22)13-8-11-4-2-3-5-12(11)9-13/h2-8H,9H2,1H3,(H,19,20)(H,21,22). The monoisotopic (exact) mass is 294 g/mol. The van der Waals surface area contributed by atoms with Crippen LogP contribution in [0.4, 0.5) is 0 Å². The third-order valence-corrected chi connectivity index (χ3v) is 4.02. The van der Waals surface area contributed by atoms with Crippen molar-refractivity contribution in [1.29, 1.82) is 0 Å². The Morgan fingerprint density at radius 2 is 1.73 bits per heavy atom. The summed E-state index contributed by atoms with van der Waals surface area (Å²) >= 11 is 0. The maximum Gasteiger partial charge on any atom is 0.336 e. The first kappa shape index (κ1) is 14.1. The number of carbonyl (C=O) groups is 2. The normalized spacial score (nSPS) is 12.7. The molecule has 0 atom stereocenters. The second kappa shape index (κ2) is 5.15. The molecule has 0 saturated heterocycles. The van der Waals surface area contributed by atoms with Crippen LogP contribution < -0.4 is 0 Å². The molecule has 0 bridgehead atoms. The summed E-state index contributed by atoms with van der Waals surface area (Å²) in [6, 6.07) is 11.0. The van der Waals surface area contributed by atoms with E-state index in [-0.39, 0.29) is 16.7 Å². The van der Waals surface area contributed by atoms with Crippen LogP contribution in [0.25, 0.3) is 11.6 Å². The minimum absolute atomic E-state index is 0.0252. The smallest absolute Gasteiger partial charge is 0.336 e.